The maximum Gasteiger partial charge on any atom is 0.335 e. The minimum atomic E-state index is -1.02. The largest absolute Gasteiger partial charge is 0.478 e. The van der Waals surface area contributed by atoms with E-state index in [0.29, 0.717) is 11.4 Å². The first-order valence-corrected chi connectivity index (χ1v) is 8.84. The Hall–Kier alpha value is -2.18. The summed E-state index contributed by atoms with van der Waals surface area (Å²) >= 11 is 7.74. The van der Waals surface area contributed by atoms with E-state index >= 15 is 0 Å². The molecule has 124 valence electrons. The van der Waals surface area contributed by atoms with E-state index in [1.165, 1.54) is 12.1 Å². The molecule has 3 rings (SSSR count). The highest BCUT2D eigenvalue weighted by Gasteiger charge is 2.26. The molecule has 1 aliphatic heterocycles. The molecular formula is C17H15ClN2O3S. The van der Waals surface area contributed by atoms with Crippen LogP contribution in [0.4, 0.5) is 11.4 Å². The van der Waals surface area contributed by atoms with Gasteiger partial charge in [-0.15, -0.1) is 0 Å². The Morgan fingerprint density at radius 1 is 1.21 bits per heavy atom. The Morgan fingerprint density at radius 2 is 2.00 bits per heavy atom. The van der Waals surface area contributed by atoms with Gasteiger partial charge in [0.2, 0.25) is 5.91 Å². The quantitative estimate of drug-likeness (QED) is 0.755. The van der Waals surface area contributed by atoms with Crippen LogP contribution >= 0.6 is 23.4 Å². The fourth-order valence-electron chi connectivity index (χ4n) is 2.40. The standard InChI is InChI=1S/C17H15ClN2O3S/c18-12-4-2-1-3-11(12)8-24-9-15-16(21)20-14-7-10(17(22)23)5-6-13(14)19-15/h1-7,15,19H,8-9H2,(H,20,21)(H,22,23)/t15-/m1/s1. The van der Waals surface area contributed by atoms with Crippen LogP contribution in [-0.4, -0.2) is 28.8 Å². The van der Waals surface area contributed by atoms with Crippen molar-refractivity contribution in [3.8, 4) is 0 Å². The lowest BCUT2D eigenvalue weighted by molar-refractivity contribution is -0.116. The van der Waals surface area contributed by atoms with Gasteiger partial charge in [0.05, 0.1) is 16.9 Å². The zero-order valence-corrected chi connectivity index (χ0v) is 14.2. The number of anilines is 2. The number of hydrogen-bond donors (Lipinski definition) is 3. The third-order valence-electron chi connectivity index (χ3n) is 3.67. The maximum absolute atomic E-state index is 12.2. The van der Waals surface area contributed by atoms with Gasteiger partial charge < -0.3 is 15.7 Å². The molecular weight excluding hydrogens is 348 g/mol. The van der Waals surface area contributed by atoms with Crippen LogP contribution in [-0.2, 0) is 10.5 Å². The second kappa shape index (κ2) is 7.15. The van der Waals surface area contributed by atoms with E-state index in [4.69, 9.17) is 16.7 Å². The fraction of sp³-hybridized carbons (Fsp3) is 0.176. The number of halogens is 1. The molecule has 0 fully saturated rings. The third kappa shape index (κ3) is 3.66. The third-order valence-corrected chi connectivity index (χ3v) is 5.12. The van der Waals surface area contributed by atoms with Crippen LogP contribution in [0.5, 0.6) is 0 Å². The summed E-state index contributed by atoms with van der Waals surface area (Å²) in [5, 5.41) is 15.6. The molecule has 24 heavy (non-hydrogen) atoms. The summed E-state index contributed by atoms with van der Waals surface area (Å²) in [6, 6.07) is 11.9. The first-order valence-electron chi connectivity index (χ1n) is 7.30. The summed E-state index contributed by atoms with van der Waals surface area (Å²) < 4.78 is 0. The number of thioether (sulfide) groups is 1. The van der Waals surface area contributed by atoms with Crippen molar-refractivity contribution >= 4 is 46.6 Å². The van der Waals surface area contributed by atoms with Gasteiger partial charge in [-0.05, 0) is 29.8 Å². The average Bonchev–Trinajstić information content (AvgIpc) is 2.56. The molecule has 0 spiro atoms. The summed E-state index contributed by atoms with van der Waals surface area (Å²) in [4.78, 5) is 23.2. The van der Waals surface area contributed by atoms with Crippen molar-refractivity contribution in [2.75, 3.05) is 16.4 Å². The number of nitrogens with one attached hydrogen (secondary N) is 2. The van der Waals surface area contributed by atoms with Crippen LogP contribution in [0, 0.1) is 0 Å². The van der Waals surface area contributed by atoms with Crippen LogP contribution in [0.25, 0.3) is 0 Å². The first-order chi connectivity index (χ1) is 11.5. The topological polar surface area (TPSA) is 78.4 Å². The molecule has 1 atom stereocenters. The molecule has 0 saturated carbocycles. The number of carboxylic acids is 1. The second-order valence-electron chi connectivity index (χ2n) is 5.36. The minimum absolute atomic E-state index is 0.141. The summed E-state index contributed by atoms with van der Waals surface area (Å²) in [6.45, 7) is 0. The van der Waals surface area contributed by atoms with Gasteiger partial charge in [-0.1, -0.05) is 29.8 Å². The van der Waals surface area contributed by atoms with Crippen molar-refractivity contribution in [1.29, 1.82) is 0 Å². The zero-order valence-electron chi connectivity index (χ0n) is 12.6. The van der Waals surface area contributed by atoms with Crippen molar-refractivity contribution < 1.29 is 14.7 Å². The fourth-order valence-corrected chi connectivity index (χ4v) is 3.74. The summed E-state index contributed by atoms with van der Waals surface area (Å²) in [7, 11) is 0. The van der Waals surface area contributed by atoms with Crippen molar-refractivity contribution in [2.45, 2.75) is 11.8 Å². The molecule has 1 amide bonds. The second-order valence-corrected chi connectivity index (χ2v) is 6.80. The molecule has 1 heterocycles. The lowest BCUT2D eigenvalue weighted by Gasteiger charge is -2.26. The van der Waals surface area contributed by atoms with E-state index in [-0.39, 0.29) is 17.5 Å². The van der Waals surface area contributed by atoms with Crippen molar-refractivity contribution in [3.63, 3.8) is 0 Å². The van der Waals surface area contributed by atoms with Gasteiger partial charge in [-0.3, -0.25) is 4.79 Å². The van der Waals surface area contributed by atoms with E-state index < -0.39 is 5.97 Å². The number of hydrogen-bond acceptors (Lipinski definition) is 4. The van der Waals surface area contributed by atoms with Crippen LogP contribution in [0.2, 0.25) is 5.02 Å². The van der Waals surface area contributed by atoms with Gasteiger partial charge in [-0.2, -0.15) is 11.8 Å². The molecule has 0 unspecified atom stereocenters. The molecule has 7 heteroatoms. The maximum atomic E-state index is 12.2. The van der Waals surface area contributed by atoms with Gasteiger partial charge in [-0.25, -0.2) is 4.79 Å². The zero-order chi connectivity index (χ0) is 17.1. The molecule has 1 aliphatic rings. The first kappa shape index (κ1) is 16.7. The van der Waals surface area contributed by atoms with Crippen LogP contribution in [0.15, 0.2) is 42.5 Å². The van der Waals surface area contributed by atoms with Gasteiger partial charge in [0.15, 0.2) is 0 Å². The number of carboxylic acid groups (broad SMARTS) is 1. The molecule has 0 aliphatic carbocycles. The predicted molar refractivity (Wildman–Crippen MR) is 97.1 cm³/mol. The Balaban J connectivity index is 1.63. The van der Waals surface area contributed by atoms with E-state index in [2.05, 4.69) is 10.6 Å². The molecule has 0 saturated heterocycles. The van der Waals surface area contributed by atoms with Gasteiger partial charge in [0.1, 0.15) is 6.04 Å². The Labute approximate surface area is 148 Å². The van der Waals surface area contributed by atoms with Crippen LogP contribution < -0.4 is 10.6 Å². The average molecular weight is 363 g/mol. The number of aromatic carboxylic acids is 1. The lowest BCUT2D eigenvalue weighted by Crippen LogP contribution is -2.40. The Kier molecular flexibility index (Phi) is 4.97. The van der Waals surface area contributed by atoms with Gasteiger partial charge >= 0.3 is 5.97 Å². The van der Waals surface area contributed by atoms with Crippen molar-refractivity contribution in [2.24, 2.45) is 0 Å². The van der Waals surface area contributed by atoms with Crippen LogP contribution in [0.3, 0.4) is 0 Å². The molecule has 0 bridgehead atoms. The van der Waals surface area contributed by atoms with E-state index in [1.807, 2.05) is 24.3 Å². The monoisotopic (exact) mass is 362 g/mol. The number of rotatable bonds is 5. The molecule has 2 aromatic carbocycles. The minimum Gasteiger partial charge on any atom is -0.478 e. The number of amides is 1. The van der Waals surface area contributed by atoms with E-state index in [9.17, 15) is 9.59 Å². The van der Waals surface area contributed by atoms with Crippen molar-refractivity contribution in [1.82, 2.24) is 0 Å². The van der Waals surface area contributed by atoms with Gasteiger partial charge in [0.25, 0.3) is 0 Å². The SMILES string of the molecule is O=C(O)c1ccc2c(c1)NC(=O)[C@@H](CSCc1ccccc1Cl)N2. The smallest absolute Gasteiger partial charge is 0.335 e. The summed E-state index contributed by atoms with van der Waals surface area (Å²) in [5.41, 5.74) is 2.39. The molecule has 0 aromatic heterocycles. The number of fused-ring (bicyclic) bond motifs is 1. The normalized spacial score (nSPS) is 16.0. The van der Waals surface area contributed by atoms with E-state index in [0.717, 1.165) is 22.0 Å². The predicted octanol–water partition coefficient (Wildman–Crippen LogP) is 3.70. The van der Waals surface area contributed by atoms with Crippen LogP contribution in [0.1, 0.15) is 15.9 Å². The Morgan fingerprint density at radius 3 is 2.75 bits per heavy atom. The Bertz CT molecular complexity index is 797. The number of carbonyl (C=O) groups excluding carboxylic acids is 1. The highest BCUT2D eigenvalue weighted by atomic mass is 35.5. The lowest BCUT2D eigenvalue weighted by atomic mass is 10.1. The summed E-state index contributed by atoms with van der Waals surface area (Å²) in [6.07, 6.45) is 0. The van der Waals surface area contributed by atoms with Gasteiger partial charge in [0, 0.05) is 16.5 Å². The van der Waals surface area contributed by atoms with E-state index in [1.54, 1.807) is 17.8 Å². The number of benzene rings is 2. The molecule has 3 N–H and O–H groups in total. The highest BCUT2D eigenvalue weighted by Crippen LogP contribution is 2.29. The molecule has 0 radical (unpaired) electrons. The highest BCUT2D eigenvalue weighted by molar-refractivity contribution is 7.98. The molecule has 5 nitrogen and oxygen atoms in total. The molecule has 2 aromatic rings. The van der Waals surface area contributed by atoms with Crippen molar-refractivity contribution in [3.05, 3.63) is 58.6 Å². The number of carbonyl (C=O) groups is 2. The summed E-state index contributed by atoms with van der Waals surface area (Å²) in [5.74, 6) is 0.105.